The van der Waals surface area contributed by atoms with Gasteiger partial charge in [0.15, 0.2) is 17.5 Å². The van der Waals surface area contributed by atoms with Gasteiger partial charge in [0.1, 0.15) is 0 Å². The maximum absolute atomic E-state index is 9.65. The SMILES string of the molecule is [2H]c1c([2H])c([2H])c2c(c1[2H])c1c([2H])c([2H])c([2H])c([2H])c1n2-c1cc(-c2nc(-c3ccccc3)nc(-c3ccccc3)n2)cc(-n2c3ccccc3c3c4c(c5ccccc5n4-c4ccccc4)c4c(c5ccccc5n4-c4ccccc4)c32)c1. The smallest absolute Gasteiger partial charge is 0.164 e. The van der Waals surface area contributed by atoms with Crippen LogP contribution in [0.15, 0.2) is 261 Å². The Bertz CT molecular complexity index is 5260. The van der Waals surface area contributed by atoms with Crippen LogP contribution in [0.1, 0.15) is 11.0 Å². The Hall–Kier alpha value is -10.4. The Morgan fingerprint density at radius 1 is 0.263 bits per heavy atom. The summed E-state index contributed by atoms with van der Waals surface area (Å²) in [5.41, 5.74) is 10.6. The molecule has 0 saturated heterocycles. The van der Waals surface area contributed by atoms with Crippen molar-refractivity contribution in [2.75, 3.05) is 0 Å². The molecule has 0 spiro atoms. The van der Waals surface area contributed by atoms with Crippen LogP contribution in [0.2, 0.25) is 0 Å². The van der Waals surface area contributed by atoms with Crippen LogP contribution in [0.25, 0.3) is 144 Å². The summed E-state index contributed by atoms with van der Waals surface area (Å²) in [6.45, 7) is 0. The van der Waals surface area contributed by atoms with E-state index in [-0.39, 0.29) is 27.6 Å². The molecule has 0 aliphatic heterocycles. The van der Waals surface area contributed by atoms with Gasteiger partial charge in [-0.2, -0.15) is 0 Å². The molecule has 0 amide bonds. The van der Waals surface area contributed by atoms with Crippen LogP contribution in [0.4, 0.5) is 0 Å². The molecule has 0 aliphatic carbocycles. The minimum atomic E-state index is -0.524. The van der Waals surface area contributed by atoms with Crippen LogP contribution in [0, 0.1) is 0 Å². The molecule has 7 nitrogen and oxygen atoms in total. The molecule has 0 radical (unpaired) electrons. The van der Waals surface area contributed by atoms with Gasteiger partial charge in [-0.3, -0.25) is 0 Å². The van der Waals surface area contributed by atoms with Gasteiger partial charge in [-0.05, 0) is 72.7 Å². The van der Waals surface area contributed by atoms with Crippen LogP contribution < -0.4 is 0 Å². The first-order chi connectivity index (χ1) is 41.1. The Labute approximate surface area is 447 Å². The van der Waals surface area contributed by atoms with Crippen molar-refractivity contribution in [1.29, 1.82) is 0 Å². The van der Waals surface area contributed by atoms with Crippen molar-refractivity contribution in [3.63, 3.8) is 0 Å². The Kier molecular flexibility index (Phi) is 7.61. The summed E-state index contributed by atoms with van der Waals surface area (Å²) in [6, 6.07) is 67.7. The molecule has 11 aromatic carbocycles. The standard InChI is InChI=1S/C69H43N7/c1-5-23-44(24-6-1)67-70-68(45-25-7-2-8-26-45)72-69(71-67)46-41-49(73-56-36-18-13-31-51(56)52-32-14-19-37-57(52)73)43-50(42-46)76-60-40-22-17-35-55(60)63-65-61(53-33-15-20-38-58(53)74(65)47-27-9-3-10-28-47)64-62(66(63)76)54-34-16-21-39-59(54)75(64)48-29-11-4-12-30-48/h1-43H/i13D,14D,18D,19D,31D,32D,36D,37D. The van der Waals surface area contributed by atoms with Crippen LogP contribution >= 0.6 is 0 Å². The molecule has 0 saturated carbocycles. The van der Waals surface area contributed by atoms with Gasteiger partial charge in [0.25, 0.3) is 0 Å². The normalized spacial score (nSPS) is 13.4. The van der Waals surface area contributed by atoms with Gasteiger partial charge in [0, 0.05) is 82.5 Å². The third-order valence-corrected chi connectivity index (χ3v) is 14.8. The first kappa shape index (κ1) is 34.9. The maximum Gasteiger partial charge on any atom is 0.164 e. The van der Waals surface area contributed by atoms with Gasteiger partial charge in [0.05, 0.1) is 55.1 Å². The molecule has 0 bridgehead atoms. The van der Waals surface area contributed by atoms with E-state index < -0.39 is 48.3 Å². The largest absolute Gasteiger partial charge is 0.309 e. The van der Waals surface area contributed by atoms with E-state index in [4.69, 9.17) is 20.4 Å². The van der Waals surface area contributed by atoms with Gasteiger partial charge in [0.2, 0.25) is 0 Å². The molecule has 0 aliphatic rings. The fourth-order valence-electron chi connectivity index (χ4n) is 11.7. The van der Waals surface area contributed by atoms with Crippen molar-refractivity contribution in [2.45, 2.75) is 0 Å². The molecule has 5 aromatic heterocycles. The fourth-order valence-corrected chi connectivity index (χ4v) is 11.7. The molecule has 0 fully saturated rings. The van der Waals surface area contributed by atoms with Gasteiger partial charge in [-0.1, -0.05) is 188 Å². The number of para-hydroxylation sites is 7. The predicted molar refractivity (Wildman–Crippen MR) is 313 cm³/mol. The topological polar surface area (TPSA) is 58.4 Å². The molecular formula is C69H43N7. The highest BCUT2D eigenvalue weighted by molar-refractivity contribution is 6.40. The summed E-state index contributed by atoms with van der Waals surface area (Å²) in [5, 5.41) is 6.00. The molecule has 354 valence electrons. The molecule has 16 rings (SSSR count). The minimum absolute atomic E-state index is 0.0127. The minimum Gasteiger partial charge on any atom is -0.309 e. The molecule has 0 N–H and O–H groups in total. The van der Waals surface area contributed by atoms with E-state index in [1.165, 1.54) is 0 Å². The van der Waals surface area contributed by atoms with Gasteiger partial charge < -0.3 is 18.3 Å². The molecular weight excluding hydrogens is 927 g/mol. The monoisotopic (exact) mass is 977 g/mol. The van der Waals surface area contributed by atoms with Crippen LogP contribution in [-0.4, -0.2) is 33.2 Å². The highest BCUT2D eigenvalue weighted by Gasteiger charge is 2.29. The third-order valence-electron chi connectivity index (χ3n) is 14.8. The van der Waals surface area contributed by atoms with Crippen molar-refractivity contribution < 1.29 is 11.0 Å². The number of hydrogen-bond donors (Lipinski definition) is 0. The summed E-state index contributed by atoms with van der Waals surface area (Å²) in [6.07, 6.45) is 0. The number of fused-ring (bicyclic) bond motifs is 15. The van der Waals surface area contributed by atoms with Crippen molar-refractivity contribution in [2.24, 2.45) is 0 Å². The fraction of sp³-hybridized carbons (Fsp3) is 0. The number of benzene rings is 11. The van der Waals surface area contributed by atoms with Crippen LogP contribution in [0.5, 0.6) is 0 Å². The second kappa shape index (κ2) is 16.6. The summed E-state index contributed by atoms with van der Waals surface area (Å²) >= 11 is 0. The van der Waals surface area contributed by atoms with E-state index in [1.54, 1.807) is 4.57 Å². The second-order valence-corrected chi connectivity index (χ2v) is 19.0. The summed E-state index contributed by atoms with van der Waals surface area (Å²) in [4.78, 5) is 15.6. The third kappa shape index (κ3) is 6.20. The molecule has 16 aromatic rings. The first-order valence-electron chi connectivity index (χ1n) is 29.1. The highest BCUT2D eigenvalue weighted by Crippen LogP contribution is 2.50. The van der Waals surface area contributed by atoms with E-state index in [0.717, 1.165) is 87.9 Å². The summed E-state index contributed by atoms with van der Waals surface area (Å²) < 4.78 is 82.7. The number of rotatable bonds is 7. The molecule has 5 heterocycles. The number of aromatic nitrogens is 7. The Morgan fingerprint density at radius 2 is 0.592 bits per heavy atom. The van der Waals surface area contributed by atoms with Crippen molar-refractivity contribution in [3.05, 3.63) is 261 Å². The molecule has 0 atom stereocenters. The van der Waals surface area contributed by atoms with Crippen molar-refractivity contribution in [1.82, 2.24) is 33.2 Å². The number of hydrogen-bond acceptors (Lipinski definition) is 3. The van der Waals surface area contributed by atoms with Crippen LogP contribution in [-0.2, 0) is 0 Å². The van der Waals surface area contributed by atoms with Crippen LogP contribution in [0.3, 0.4) is 0 Å². The second-order valence-electron chi connectivity index (χ2n) is 19.0. The summed E-state index contributed by atoms with van der Waals surface area (Å²) in [5.74, 6) is 1.11. The van der Waals surface area contributed by atoms with E-state index in [1.807, 2.05) is 97.1 Å². The zero-order valence-corrected chi connectivity index (χ0v) is 40.3. The lowest BCUT2D eigenvalue weighted by atomic mass is 10.0. The van der Waals surface area contributed by atoms with E-state index in [0.29, 0.717) is 28.6 Å². The van der Waals surface area contributed by atoms with E-state index in [2.05, 4.69) is 129 Å². The van der Waals surface area contributed by atoms with E-state index in [9.17, 15) is 5.48 Å². The Morgan fingerprint density at radius 3 is 1.01 bits per heavy atom. The Balaban J connectivity index is 1.15. The van der Waals surface area contributed by atoms with Gasteiger partial charge in [-0.15, -0.1) is 0 Å². The van der Waals surface area contributed by atoms with Crippen molar-refractivity contribution in [3.8, 4) is 56.9 Å². The maximum atomic E-state index is 9.65. The highest BCUT2D eigenvalue weighted by atomic mass is 15.1. The molecule has 7 heteroatoms. The number of nitrogens with zero attached hydrogens (tertiary/aromatic N) is 7. The zero-order valence-electron chi connectivity index (χ0n) is 48.3. The predicted octanol–water partition coefficient (Wildman–Crippen LogP) is 17.3. The van der Waals surface area contributed by atoms with E-state index >= 15 is 0 Å². The van der Waals surface area contributed by atoms with Gasteiger partial charge in [-0.25, -0.2) is 15.0 Å². The lowest BCUT2D eigenvalue weighted by molar-refractivity contribution is 1.07. The lowest BCUT2D eigenvalue weighted by Gasteiger charge is -2.17. The quantitative estimate of drug-likeness (QED) is 0.160. The average molecular weight is 978 g/mol. The molecule has 76 heavy (non-hydrogen) atoms. The zero-order chi connectivity index (χ0) is 56.8. The molecule has 0 unspecified atom stereocenters. The van der Waals surface area contributed by atoms with Gasteiger partial charge >= 0.3 is 0 Å². The van der Waals surface area contributed by atoms with Crippen molar-refractivity contribution >= 4 is 87.2 Å². The average Bonchev–Trinajstić information content (AvgIpc) is 1.56. The lowest BCUT2D eigenvalue weighted by Crippen LogP contribution is -2.04. The first-order valence-corrected chi connectivity index (χ1v) is 25.1. The summed E-state index contributed by atoms with van der Waals surface area (Å²) in [7, 11) is 0.